The summed E-state index contributed by atoms with van der Waals surface area (Å²) in [7, 11) is 0. The van der Waals surface area contributed by atoms with Gasteiger partial charge < -0.3 is 4.74 Å². The Kier molecular flexibility index (Phi) is 4.97. The van der Waals surface area contributed by atoms with Crippen LogP contribution in [-0.4, -0.2) is 33.2 Å². The highest BCUT2D eigenvalue weighted by atomic mass is 16.5. The molecule has 1 saturated heterocycles. The minimum atomic E-state index is 0.578. The van der Waals surface area contributed by atoms with Crippen molar-refractivity contribution in [1.29, 1.82) is 0 Å². The van der Waals surface area contributed by atoms with E-state index < -0.39 is 0 Å². The lowest BCUT2D eigenvalue weighted by atomic mass is 10.1. The van der Waals surface area contributed by atoms with Gasteiger partial charge in [-0.2, -0.15) is 5.10 Å². The van der Waals surface area contributed by atoms with Gasteiger partial charge in [0.2, 0.25) is 5.88 Å². The van der Waals surface area contributed by atoms with Crippen LogP contribution in [0.1, 0.15) is 24.8 Å². The zero-order valence-electron chi connectivity index (χ0n) is 16.3. The number of benzene rings is 2. The number of nitrogens with one attached hydrogen (secondary N) is 1. The Labute approximate surface area is 170 Å². The van der Waals surface area contributed by atoms with E-state index in [0.29, 0.717) is 5.88 Å². The highest BCUT2D eigenvalue weighted by Crippen LogP contribution is 2.27. The van der Waals surface area contributed by atoms with E-state index in [0.717, 1.165) is 23.6 Å². The molecule has 146 valence electrons. The normalized spacial score (nSPS) is 14.9. The van der Waals surface area contributed by atoms with Gasteiger partial charge >= 0.3 is 0 Å². The van der Waals surface area contributed by atoms with Gasteiger partial charge in [0.15, 0.2) is 0 Å². The Hall–Kier alpha value is -3.18. The van der Waals surface area contributed by atoms with Gasteiger partial charge in [0.05, 0.1) is 5.69 Å². The number of aromatic nitrogens is 3. The van der Waals surface area contributed by atoms with Crippen LogP contribution in [0.25, 0.3) is 22.0 Å². The Morgan fingerprint density at radius 2 is 1.76 bits per heavy atom. The fourth-order valence-corrected chi connectivity index (χ4v) is 3.95. The molecule has 0 unspecified atom stereocenters. The van der Waals surface area contributed by atoms with E-state index in [4.69, 9.17) is 4.74 Å². The van der Waals surface area contributed by atoms with E-state index in [1.165, 1.54) is 48.7 Å². The number of fused-ring (bicyclic) bond motifs is 1. The molecule has 1 N–H and O–H groups in total. The van der Waals surface area contributed by atoms with Crippen molar-refractivity contribution in [2.45, 2.75) is 25.8 Å². The van der Waals surface area contributed by atoms with Crippen LogP contribution in [0.2, 0.25) is 0 Å². The van der Waals surface area contributed by atoms with Gasteiger partial charge in [-0.1, -0.05) is 24.6 Å². The summed E-state index contributed by atoms with van der Waals surface area (Å²) in [4.78, 5) is 6.97. The number of hydrogen-bond donors (Lipinski definition) is 1. The van der Waals surface area contributed by atoms with E-state index in [9.17, 15) is 0 Å². The molecule has 1 aliphatic rings. The molecule has 0 amide bonds. The number of ether oxygens (including phenoxy) is 1. The van der Waals surface area contributed by atoms with Gasteiger partial charge in [0.25, 0.3) is 0 Å². The van der Waals surface area contributed by atoms with Crippen LogP contribution >= 0.6 is 0 Å². The van der Waals surface area contributed by atoms with Crippen molar-refractivity contribution in [2.75, 3.05) is 13.1 Å². The molecule has 0 bridgehead atoms. The van der Waals surface area contributed by atoms with Crippen molar-refractivity contribution < 1.29 is 4.74 Å². The summed E-state index contributed by atoms with van der Waals surface area (Å²) < 4.78 is 5.97. The molecule has 0 radical (unpaired) electrons. The molecule has 1 aliphatic heterocycles. The first kappa shape index (κ1) is 17.9. The Balaban J connectivity index is 1.30. The van der Waals surface area contributed by atoms with Crippen LogP contribution in [0, 0.1) is 0 Å². The number of pyridine rings is 1. The third-order valence-corrected chi connectivity index (χ3v) is 5.50. The predicted molar refractivity (Wildman–Crippen MR) is 115 cm³/mol. The van der Waals surface area contributed by atoms with E-state index >= 15 is 0 Å². The largest absolute Gasteiger partial charge is 0.439 e. The minimum Gasteiger partial charge on any atom is -0.439 e. The molecule has 29 heavy (non-hydrogen) atoms. The van der Waals surface area contributed by atoms with Gasteiger partial charge in [0.1, 0.15) is 5.75 Å². The Bertz CT molecular complexity index is 1080. The van der Waals surface area contributed by atoms with Gasteiger partial charge in [-0.3, -0.25) is 10.00 Å². The zero-order valence-corrected chi connectivity index (χ0v) is 16.3. The average molecular weight is 384 g/mol. The van der Waals surface area contributed by atoms with Gasteiger partial charge in [-0.05, 0) is 72.6 Å². The molecule has 2 aromatic heterocycles. The Morgan fingerprint density at radius 3 is 2.55 bits per heavy atom. The van der Waals surface area contributed by atoms with Crippen LogP contribution in [0.15, 0.2) is 67.0 Å². The molecule has 0 aliphatic carbocycles. The van der Waals surface area contributed by atoms with Crippen molar-refractivity contribution in [1.82, 2.24) is 20.1 Å². The van der Waals surface area contributed by atoms with E-state index in [1.54, 1.807) is 12.4 Å². The second-order valence-electron chi connectivity index (χ2n) is 7.64. The third-order valence-electron chi connectivity index (χ3n) is 5.50. The molecule has 4 aromatic rings. The number of rotatable bonds is 5. The van der Waals surface area contributed by atoms with Crippen LogP contribution < -0.4 is 4.74 Å². The summed E-state index contributed by atoms with van der Waals surface area (Å²) in [5.41, 5.74) is 3.30. The number of hydrogen-bond acceptors (Lipinski definition) is 4. The maximum Gasteiger partial charge on any atom is 0.219 e. The van der Waals surface area contributed by atoms with E-state index in [-0.39, 0.29) is 0 Å². The van der Waals surface area contributed by atoms with Crippen LogP contribution in [0.4, 0.5) is 0 Å². The lowest BCUT2D eigenvalue weighted by Crippen LogP contribution is -2.29. The van der Waals surface area contributed by atoms with E-state index in [1.807, 2.05) is 24.3 Å². The van der Waals surface area contributed by atoms with E-state index in [2.05, 4.69) is 50.4 Å². The van der Waals surface area contributed by atoms with Crippen molar-refractivity contribution in [2.24, 2.45) is 0 Å². The van der Waals surface area contributed by atoms with Crippen LogP contribution in [0.5, 0.6) is 11.6 Å². The summed E-state index contributed by atoms with van der Waals surface area (Å²) in [6.07, 6.45) is 7.54. The quantitative estimate of drug-likeness (QED) is 0.500. The SMILES string of the molecule is c1cc(-c2ccc(Oc3ccc4cc(CN5CCCCC5)ccc4c3)nc2)[nH]n1. The van der Waals surface area contributed by atoms with Crippen molar-refractivity contribution in [3.8, 4) is 22.9 Å². The van der Waals surface area contributed by atoms with Crippen LogP contribution in [-0.2, 0) is 6.54 Å². The molecule has 0 saturated carbocycles. The molecule has 5 heteroatoms. The second-order valence-corrected chi connectivity index (χ2v) is 7.64. The summed E-state index contributed by atoms with van der Waals surface area (Å²) >= 11 is 0. The lowest BCUT2D eigenvalue weighted by Gasteiger charge is -2.26. The van der Waals surface area contributed by atoms with Crippen molar-refractivity contribution in [3.63, 3.8) is 0 Å². The average Bonchev–Trinajstić information content (AvgIpc) is 3.30. The topological polar surface area (TPSA) is 54.0 Å². The highest BCUT2D eigenvalue weighted by Gasteiger charge is 2.11. The molecule has 5 nitrogen and oxygen atoms in total. The number of piperidine rings is 1. The minimum absolute atomic E-state index is 0.578. The molecule has 1 fully saturated rings. The monoisotopic (exact) mass is 384 g/mol. The standard InChI is InChI=1S/C24H24N4O/c1-2-12-28(13-3-1)17-18-4-5-20-15-22(8-6-19(20)14-18)29-24-9-7-21(16-25-24)23-10-11-26-27-23/h4-11,14-16H,1-3,12-13,17H2,(H,26,27). The maximum atomic E-state index is 5.97. The smallest absolute Gasteiger partial charge is 0.219 e. The zero-order chi connectivity index (χ0) is 19.5. The molecule has 2 aromatic carbocycles. The first-order valence-electron chi connectivity index (χ1n) is 10.2. The lowest BCUT2D eigenvalue weighted by molar-refractivity contribution is 0.221. The molecule has 0 atom stereocenters. The summed E-state index contributed by atoms with van der Waals surface area (Å²) in [5.74, 6) is 1.37. The summed E-state index contributed by atoms with van der Waals surface area (Å²) in [6.45, 7) is 3.48. The number of likely N-dealkylation sites (tertiary alicyclic amines) is 1. The highest BCUT2D eigenvalue weighted by molar-refractivity contribution is 5.84. The van der Waals surface area contributed by atoms with Crippen molar-refractivity contribution >= 4 is 10.8 Å². The second kappa shape index (κ2) is 8.05. The molecule has 0 spiro atoms. The van der Waals surface area contributed by atoms with Gasteiger partial charge in [-0.25, -0.2) is 4.98 Å². The fourth-order valence-electron chi connectivity index (χ4n) is 3.95. The Morgan fingerprint density at radius 1 is 0.897 bits per heavy atom. The maximum absolute atomic E-state index is 5.97. The first-order chi connectivity index (χ1) is 14.3. The number of aromatic amines is 1. The van der Waals surface area contributed by atoms with Crippen LogP contribution in [0.3, 0.4) is 0 Å². The number of nitrogens with zero attached hydrogens (tertiary/aromatic N) is 3. The molecular formula is C24H24N4O. The fraction of sp³-hybridized carbons (Fsp3) is 0.250. The molecule has 3 heterocycles. The molecule has 5 rings (SSSR count). The summed E-state index contributed by atoms with van der Waals surface area (Å²) in [5, 5.41) is 9.33. The predicted octanol–water partition coefficient (Wildman–Crippen LogP) is 5.40. The van der Waals surface area contributed by atoms with Gasteiger partial charge in [0, 0.05) is 30.6 Å². The third kappa shape index (κ3) is 4.15. The summed E-state index contributed by atoms with van der Waals surface area (Å²) in [6, 6.07) is 18.7. The molecular weight excluding hydrogens is 360 g/mol. The number of H-pyrrole nitrogens is 1. The van der Waals surface area contributed by atoms with Crippen molar-refractivity contribution in [3.05, 3.63) is 72.6 Å². The van der Waals surface area contributed by atoms with Gasteiger partial charge in [-0.15, -0.1) is 0 Å². The first-order valence-corrected chi connectivity index (χ1v) is 10.2.